The molecule has 1 aromatic rings. The summed E-state index contributed by atoms with van der Waals surface area (Å²) in [5.41, 5.74) is 1.35. The molecule has 0 aliphatic rings. The molecule has 0 spiro atoms. The number of hydrogen-bond acceptors (Lipinski definition) is 3. The molecule has 0 radical (unpaired) electrons. The Kier molecular flexibility index (Phi) is 2.20. The van der Waals surface area contributed by atoms with Gasteiger partial charge in [0, 0.05) is 13.2 Å². The minimum Gasteiger partial charge on any atom is -0.275 e. The van der Waals surface area contributed by atoms with Crippen LogP contribution in [0, 0.1) is 6.92 Å². The first-order valence-electron chi connectivity index (χ1n) is 3.38. The summed E-state index contributed by atoms with van der Waals surface area (Å²) >= 11 is 0. The van der Waals surface area contributed by atoms with Gasteiger partial charge in [0.05, 0.1) is 5.69 Å². The maximum atomic E-state index is 10.7. The topological polar surface area (TPSA) is 78.0 Å². The first kappa shape index (κ1) is 9.21. The Balaban J connectivity index is 2.97. The minimum atomic E-state index is -3.46. The largest absolute Gasteiger partial charge is 0.275 e. The van der Waals surface area contributed by atoms with E-state index in [4.69, 9.17) is 5.14 Å². The molecule has 1 aromatic heterocycles. The highest BCUT2D eigenvalue weighted by molar-refractivity contribution is 7.88. The van der Waals surface area contributed by atoms with Gasteiger partial charge in [-0.3, -0.25) is 4.68 Å². The standard InChI is InChI=1S/C6H11N3O2S/c1-5-3-9(2)8-6(5)4-12(7,10)11/h3H,4H2,1-2H3,(H2,7,10,11). The van der Waals surface area contributed by atoms with E-state index in [0.29, 0.717) is 5.69 Å². The third kappa shape index (κ3) is 2.31. The molecular formula is C6H11N3O2S. The van der Waals surface area contributed by atoms with Crippen LogP contribution in [0.4, 0.5) is 0 Å². The van der Waals surface area contributed by atoms with Crippen LogP contribution in [0.15, 0.2) is 6.20 Å². The molecule has 5 nitrogen and oxygen atoms in total. The summed E-state index contributed by atoms with van der Waals surface area (Å²) in [7, 11) is -1.73. The molecule has 0 saturated carbocycles. The summed E-state index contributed by atoms with van der Waals surface area (Å²) < 4.78 is 22.9. The Morgan fingerprint density at radius 2 is 2.25 bits per heavy atom. The zero-order valence-corrected chi connectivity index (χ0v) is 7.80. The fourth-order valence-electron chi connectivity index (χ4n) is 0.986. The van der Waals surface area contributed by atoms with Gasteiger partial charge in [0.15, 0.2) is 0 Å². The average molecular weight is 189 g/mol. The van der Waals surface area contributed by atoms with Crippen LogP contribution in [0.25, 0.3) is 0 Å². The van der Waals surface area contributed by atoms with E-state index < -0.39 is 10.0 Å². The lowest BCUT2D eigenvalue weighted by molar-refractivity contribution is 0.595. The van der Waals surface area contributed by atoms with Crippen LogP contribution in [-0.2, 0) is 22.8 Å². The van der Waals surface area contributed by atoms with Crippen molar-refractivity contribution in [3.63, 3.8) is 0 Å². The van der Waals surface area contributed by atoms with Gasteiger partial charge in [-0.05, 0) is 12.5 Å². The Hall–Kier alpha value is -0.880. The van der Waals surface area contributed by atoms with Crippen molar-refractivity contribution in [2.24, 2.45) is 12.2 Å². The number of aryl methyl sites for hydroxylation is 2. The highest BCUT2D eigenvalue weighted by Crippen LogP contribution is 2.06. The molecule has 2 N–H and O–H groups in total. The second-order valence-corrected chi connectivity index (χ2v) is 4.35. The predicted octanol–water partition coefficient (Wildman–Crippen LogP) is -0.483. The van der Waals surface area contributed by atoms with E-state index in [9.17, 15) is 8.42 Å². The van der Waals surface area contributed by atoms with Crippen LogP contribution in [0.1, 0.15) is 11.3 Å². The molecule has 0 amide bonds. The normalized spacial score (nSPS) is 11.9. The minimum absolute atomic E-state index is 0.195. The van der Waals surface area contributed by atoms with Gasteiger partial charge in [-0.15, -0.1) is 0 Å². The van der Waals surface area contributed by atoms with E-state index in [1.54, 1.807) is 24.9 Å². The number of nitrogens with two attached hydrogens (primary N) is 1. The Morgan fingerprint density at radius 1 is 1.67 bits per heavy atom. The van der Waals surface area contributed by atoms with Crippen molar-refractivity contribution in [2.75, 3.05) is 0 Å². The SMILES string of the molecule is Cc1cn(C)nc1CS(N)(=O)=O. The molecule has 0 fully saturated rings. The lowest BCUT2D eigenvalue weighted by atomic mass is 10.3. The molecule has 0 aliphatic heterocycles. The van der Waals surface area contributed by atoms with Gasteiger partial charge in [-0.2, -0.15) is 5.10 Å². The summed E-state index contributed by atoms with van der Waals surface area (Å²) in [6.45, 7) is 1.80. The molecule has 0 saturated heterocycles. The monoisotopic (exact) mass is 189 g/mol. The molecule has 6 heteroatoms. The van der Waals surface area contributed by atoms with Crippen molar-refractivity contribution in [3.05, 3.63) is 17.5 Å². The Morgan fingerprint density at radius 3 is 2.58 bits per heavy atom. The van der Waals surface area contributed by atoms with E-state index in [1.807, 2.05) is 0 Å². The second kappa shape index (κ2) is 2.87. The van der Waals surface area contributed by atoms with Crippen LogP contribution in [0.5, 0.6) is 0 Å². The molecule has 1 heterocycles. The molecule has 12 heavy (non-hydrogen) atoms. The molecule has 68 valence electrons. The van der Waals surface area contributed by atoms with E-state index >= 15 is 0 Å². The summed E-state index contributed by atoms with van der Waals surface area (Å²) in [6, 6.07) is 0. The summed E-state index contributed by atoms with van der Waals surface area (Å²) in [6.07, 6.45) is 1.75. The van der Waals surface area contributed by atoms with Gasteiger partial charge < -0.3 is 0 Å². The average Bonchev–Trinajstić information content (AvgIpc) is 2.06. The molecular weight excluding hydrogens is 178 g/mol. The van der Waals surface area contributed by atoms with Gasteiger partial charge in [0.25, 0.3) is 0 Å². The number of hydrogen-bond donors (Lipinski definition) is 1. The lowest BCUT2D eigenvalue weighted by Gasteiger charge is -1.94. The third-order valence-corrected chi connectivity index (χ3v) is 2.13. The van der Waals surface area contributed by atoms with Gasteiger partial charge in [-0.1, -0.05) is 0 Å². The number of primary sulfonamides is 1. The van der Waals surface area contributed by atoms with Crippen molar-refractivity contribution in [2.45, 2.75) is 12.7 Å². The number of nitrogens with zero attached hydrogens (tertiary/aromatic N) is 2. The number of sulfonamides is 1. The third-order valence-electron chi connectivity index (χ3n) is 1.45. The van der Waals surface area contributed by atoms with Crippen molar-refractivity contribution in [1.82, 2.24) is 9.78 Å². The quantitative estimate of drug-likeness (QED) is 0.682. The van der Waals surface area contributed by atoms with Crippen LogP contribution >= 0.6 is 0 Å². The number of rotatable bonds is 2. The van der Waals surface area contributed by atoms with E-state index in [0.717, 1.165) is 5.56 Å². The van der Waals surface area contributed by atoms with Crippen LogP contribution < -0.4 is 5.14 Å². The van der Waals surface area contributed by atoms with Gasteiger partial charge in [0.1, 0.15) is 5.75 Å². The van der Waals surface area contributed by atoms with Gasteiger partial charge in [0.2, 0.25) is 10.0 Å². The Bertz CT molecular complexity index is 379. The number of aromatic nitrogens is 2. The van der Waals surface area contributed by atoms with Gasteiger partial charge in [-0.25, -0.2) is 13.6 Å². The van der Waals surface area contributed by atoms with Gasteiger partial charge >= 0.3 is 0 Å². The lowest BCUT2D eigenvalue weighted by Crippen LogP contribution is -2.15. The van der Waals surface area contributed by atoms with E-state index in [1.165, 1.54) is 0 Å². The first-order valence-corrected chi connectivity index (χ1v) is 5.09. The first-order chi connectivity index (χ1) is 5.38. The molecule has 0 atom stereocenters. The van der Waals surface area contributed by atoms with E-state index in [-0.39, 0.29) is 5.75 Å². The van der Waals surface area contributed by atoms with Crippen LogP contribution in [0.3, 0.4) is 0 Å². The van der Waals surface area contributed by atoms with E-state index in [2.05, 4.69) is 5.10 Å². The fraction of sp³-hybridized carbons (Fsp3) is 0.500. The molecule has 0 unspecified atom stereocenters. The zero-order chi connectivity index (χ0) is 9.35. The fourth-order valence-corrected chi connectivity index (χ4v) is 1.65. The summed E-state index contributed by atoms with van der Waals surface area (Å²) in [5.74, 6) is -0.195. The van der Waals surface area contributed by atoms with Crippen LogP contribution in [-0.4, -0.2) is 18.2 Å². The summed E-state index contributed by atoms with van der Waals surface area (Å²) in [4.78, 5) is 0. The van der Waals surface area contributed by atoms with Crippen molar-refractivity contribution in [3.8, 4) is 0 Å². The molecule has 0 bridgehead atoms. The van der Waals surface area contributed by atoms with Crippen molar-refractivity contribution >= 4 is 10.0 Å². The van der Waals surface area contributed by atoms with Crippen molar-refractivity contribution < 1.29 is 8.42 Å². The predicted molar refractivity (Wildman–Crippen MR) is 44.8 cm³/mol. The highest BCUT2D eigenvalue weighted by atomic mass is 32.2. The zero-order valence-electron chi connectivity index (χ0n) is 6.98. The molecule has 1 rings (SSSR count). The second-order valence-electron chi connectivity index (χ2n) is 2.74. The van der Waals surface area contributed by atoms with Crippen molar-refractivity contribution in [1.29, 1.82) is 0 Å². The van der Waals surface area contributed by atoms with Crippen LogP contribution in [0.2, 0.25) is 0 Å². The highest BCUT2D eigenvalue weighted by Gasteiger charge is 2.10. The smallest absolute Gasteiger partial charge is 0.214 e. The maximum absolute atomic E-state index is 10.7. The Labute approximate surface area is 71.2 Å². The maximum Gasteiger partial charge on any atom is 0.214 e. The molecule has 0 aliphatic carbocycles. The molecule has 0 aromatic carbocycles. The summed E-state index contributed by atoms with van der Waals surface area (Å²) in [5, 5.41) is 8.82.